The van der Waals surface area contributed by atoms with Gasteiger partial charge in [-0.25, -0.2) is 4.31 Å². The maximum absolute atomic E-state index is 12.9. The molecule has 1 aliphatic rings. The molecule has 0 radical (unpaired) electrons. The molecule has 0 spiro atoms. The smallest absolute Gasteiger partial charge is 0.416 e. The number of carbonyl (C=O) groups is 1. The van der Waals surface area contributed by atoms with Crippen molar-refractivity contribution < 1.29 is 28.0 Å². The molecule has 3 rings (SSSR count). The van der Waals surface area contributed by atoms with Gasteiger partial charge in [-0.2, -0.15) is 13.2 Å². The molecule has 0 unspecified atom stereocenters. The van der Waals surface area contributed by atoms with Crippen molar-refractivity contribution in [2.24, 2.45) is 0 Å². The zero-order chi connectivity index (χ0) is 21.9. The molecule has 30 heavy (non-hydrogen) atoms. The number of carboxylic acid groups (broad SMARTS) is 1. The van der Waals surface area contributed by atoms with Crippen molar-refractivity contribution in [2.75, 3.05) is 31.1 Å². The summed E-state index contributed by atoms with van der Waals surface area (Å²) >= 11 is 1.45. The first-order chi connectivity index (χ1) is 14.1. The van der Waals surface area contributed by atoms with Gasteiger partial charge in [-0.05, 0) is 41.8 Å². The van der Waals surface area contributed by atoms with Crippen LogP contribution in [-0.4, -0.2) is 46.5 Å². The predicted octanol–water partition coefficient (Wildman–Crippen LogP) is 4.07. The second kappa shape index (κ2) is 8.92. The number of anilines is 1. The SMILES string of the molecule is O=C(O)Cc1cccc(SN2CCN(c3ccc(C(F)(F)F)cc3[N+](=O)[O-])CC2)c1. The fraction of sp³-hybridized carbons (Fsp3) is 0.316. The van der Waals surface area contributed by atoms with Crippen LogP contribution in [0.25, 0.3) is 0 Å². The number of nitrogens with zero attached hydrogens (tertiary/aromatic N) is 3. The molecule has 0 saturated carbocycles. The third-order valence-electron chi connectivity index (χ3n) is 4.57. The minimum atomic E-state index is -4.65. The summed E-state index contributed by atoms with van der Waals surface area (Å²) in [7, 11) is 0. The van der Waals surface area contributed by atoms with Crippen molar-refractivity contribution in [3.8, 4) is 0 Å². The van der Waals surface area contributed by atoms with Gasteiger partial charge in [0.25, 0.3) is 5.69 Å². The largest absolute Gasteiger partial charge is 0.481 e. The Morgan fingerprint density at radius 3 is 2.43 bits per heavy atom. The second-order valence-electron chi connectivity index (χ2n) is 6.68. The number of nitro benzene ring substituents is 1. The molecule has 2 aromatic rings. The zero-order valence-corrected chi connectivity index (χ0v) is 16.4. The molecule has 1 aliphatic heterocycles. The summed E-state index contributed by atoms with van der Waals surface area (Å²) in [6.07, 6.45) is -4.71. The molecule has 0 bridgehead atoms. The van der Waals surface area contributed by atoms with E-state index in [4.69, 9.17) is 5.11 Å². The van der Waals surface area contributed by atoms with E-state index < -0.39 is 28.3 Å². The number of carboxylic acids is 1. The lowest BCUT2D eigenvalue weighted by Crippen LogP contribution is -2.43. The molecule has 1 saturated heterocycles. The number of piperazine rings is 1. The van der Waals surface area contributed by atoms with Crippen LogP contribution in [0.1, 0.15) is 11.1 Å². The number of nitro groups is 1. The Hall–Kier alpha value is -2.79. The molecule has 0 amide bonds. The highest BCUT2D eigenvalue weighted by Crippen LogP contribution is 2.37. The molecule has 0 atom stereocenters. The predicted molar refractivity (Wildman–Crippen MR) is 106 cm³/mol. The van der Waals surface area contributed by atoms with Crippen LogP contribution in [0.15, 0.2) is 47.4 Å². The van der Waals surface area contributed by atoms with E-state index in [1.807, 2.05) is 10.4 Å². The van der Waals surface area contributed by atoms with Gasteiger partial charge in [0.1, 0.15) is 5.69 Å². The standard InChI is InChI=1S/C19H18F3N3O4S/c20-19(21,22)14-4-5-16(17(12-14)25(28)29)23-6-8-24(9-7-23)30-15-3-1-2-13(10-15)11-18(26)27/h1-5,10,12H,6-9,11H2,(H,26,27). The Morgan fingerprint density at radius 1 is 1.13 bits per heavy atom. The van der Waals surface area contributed by atoms with Gasteiger partial charge in [0.05, 0.1) is 16.9 Å². The Kier molecular flexibility index (Phi) is 6.52. The van der Waals surface area contributed by atoms with E-state index in [0.717, 1.165) is 17.0 Å². The number of alkyl halides is 3. The maximum atomic E-state index is 12.9. The van der Waals surface area contributed by atoms with Gasteiger partial charge in [-0.3, -0.25) is 14.9 Å². The monoisotopic (exact) mass is 441 g/mol. The van der Waals surface area contributed by atoms with Crippen LogP contribution in [-0.2, 0) is 17.4 Å². The van der Waals surface area contributed by atoms with Crippen LogP contribution in [0.4, 0.5) is 24.5 Å². The molecule has 11 heteroatoms. The van der Waals surface area contributed by atoms with E-state index in [1.165, 1.54) is 11.9 Å². The Morgan fingerprint density at radius 2 is 1.83 bits per heavy atom. The van der Waals surface area contributed by atoms with Crippen LogP contribution in [0.3, 0.4) is 0 Å². The van der Waals surface area contributed by atoms with Crippen LogP contribution in [0, 0.1) is 10.1 Å². The normalized spacial score (nSPS) is 15.2. The van der Waals surface area contributed by atoms with E-state index in [2.05, 4.69) is 0 Å². The molecule has 0 aliphatic carbocycles. The zero-order valence-electron chi connectivity index (χ0n) is 15.6. The third-order valence-corrected chi connectivity index (χ3v) is 5.66. The number of benzene rings is 2. The van der Waals surface area contributed by atoms with Gasteiger partial charge in [-0.15, -0.1) is 0 Å². The van der Waals surface area contributed by atoms with E-state index in [-0.39, 0.29) is 12.1 Å². The van der Waals surface area contributed by atoms with Crippen molar-refractivity contribution in [1.29, 1.82) is 0 Å². The van der Waals surface area contributed by atoms with Crippen LogP contribution in [0.2, 0.25) is 0 Å². The highest BCUT2D eigenvalue weighted by molar-refractivity contribution is 7.97. The molecule has 160 valence electrons. The summed E-state index contributed by atoms with van der Waals surface area (Å²) in [5.74, 6) is -0.913. The van der Waals surface area contributed by atoms with Crippen molar-refractivity contribution in [3.63, 3.8) is 0 Å². The highest BCUT2D eigenvalue weighted by Gasteiger charge is 2.34. The Bertz CT molecular complexity index is 947. The van der Waals surface area contributed by atoms with Crippen molar-refractivity contribution in [1.82, 2.24) is 4.31 Å². The van der Waals surface area contributed by atoms with Crippen molar-refractivity contribution in [2.45, 2.75) is 17.5 Å². The molecule has 1 N–H and O–H groups in total. The Labute approximate surface area is 174 Å². The van der Waals surface area contributed by atoms with Gasteiger partial charge in [0.15, 0.2) is 0 Å². The topological polar surface area (TPSA) is 86.9 Å². The van der Waals surface area contributed by atoms with E-state index in [9.17, 15) is 28.1 Å². The number of rotatable bonds is 6. The molecule has 2 aromatic carbocycles. The summed E-state index contributed by atoms with van der Waals surface area (Å²) in [5.41, 5.74) is -0.756. The lowest BCUT2D eigenvalue weighted by Gasteiger charge is -2.35. The first-order valence-electron chi connectivity index (χ1n) is 8.98. The van der Waals surface area contributed by atoms with E-state index in [0.29, 0.717) is 37.8 Å². The molecule has 0 aromatic heterocycles. The summed E-state index contributed by atoms with van der Waals surface area (Å²) in [4.78, 5) is 24.0. The van der Waals surface area contributed by atoms with Crippen LogP contribution < -0.4 is 4.90 Å². The lowest BCUT2D eigenvalue weighted by molar-refractivity contribution is -0.384. The van der Waals surface area contributed by atoms with Gasteiger partial charge in [0, 0.05) is 37.1 Å². The van der Waals surface area contributed by atoms with E-state index >= 15 is 0 Å². The minimum Gasteiger partial charge on any atom is -0.481 e. The number of hydrogen-bond donors (Lipinski definition) is 1. The lowest BCUT2D eigenvalue weighted by atomic mass is 10.1. The molecule has 7 nitrogen and oxygen atoms in total. The van der Waals surface area contributed by atoms with Crippen LogP contribution >= 0.6 is 11.9 Å². The average Bonchev–Trinajstić information content (AvgIpc) is 2.67. The minimum absolute atomic E-state index is 0.0697. The summed E-state index contributed by atoms with van der Waals surface area (Å²) in [5, 5.41) is 20.2. The summed E-state index contributed by atoms with van der Waals surface area (Å²) in [6.45, 7) is 1.89. The Balaban J connectivity index is 1.67. The fourth-order valence-electron chi connectivity index (χ4n) is 3.17. The quantitative estimate of drug-likeness (QED) is 0.411. The van der Waals surface area contributed by atoms with Crippen molar-refractivity contribution >= 4 is 29.3 Å². The van der Waals surface area contributed by atoms with Gasteiger partial charge in [-0.1, -0.05) is 12.1 Å². The maximum Gasteiger partial charge on any atom is 0.416 e. The number of halogens is 3. The average molecular weight is 441 g/mol. The first-order valence-corrected chi connectivity index (χ1v) is 9.75. The second-order valence-corrected chi connectivity index (χ2v) is 7.85. The van der Waals surface area contributed by atoms with Crippen molar-refractivity contribution in [3.05, 3.63) is 63.7 Å². The third kappa shape index (κ3) is 5.42. The first kappa shape index (κ1) is 21.9. The fourth-order valence-corrected chi connectivity index (χ4v) is 4.16. The van der Waals surface area contributed by atoms with Gasteiger partial charge in [0.2, 0.25) is 0 Å². The molecule has 1 fully saturated rings. The van der Waals surface area contributed by atoms with Crippen LogP contribution in [0.5, 0.6) is 0 Å². The van der Waals surface area contributed by atoms with Gasteiger partial charge < -0.3 is 10.0 Å². The van der Waals surface area contributed by atoms with Gasteiger partial charge >= 0.3 is 12.1 Å². The summed E-state index contributed by atoms with van der Waals surface area (Å²) in [6, 6.07) is 9.76. The number of hydrogen-bond acceptors (Lipinski definition) is 6. The molecular weight excluding hydrogens is 423 g/mol. The summed E-state index contributed by atoms with van der Waals surface area (Å²) < 4.78 is 40.7. The molecular formula is C19H18F3N3O4S. The molecule has 1 heterocycles. The van der Waals surface area contributed by atoms with E-state index in [1.54, 1.807) is 23.1 Å². The number of aliphatic carboxylic acids is 1. The highest BCUT2D eigenvalue weighted by atomic mass is 32.2.